The molecule has 0 aromatic heterocycles. The second kappa shape index (κ2) is 4.82. The highest BCUT2D eigenvalue weighted by Gasteiger charge is 2.12. The fourth-order valence-corrected chi connectivity index (χ4v) is 1.52. The van der Waals surface area contributed by atoms with Crippen LogP contribution in [-0.4, -0.2) is 35.6 Å². The number of carboxylic acid groups (broad SMARTS) is 1. The molecule has 1 rings (SSSR count). The summed E-state index contributed by atoms with van der Waals surface area (Å²) in [5.41, 5.74) is 1.05. The maximum atomic E-state index is 10.4. The third-order valence-corrected chi connectivity index (χ3v) is 2.21. The van der Waals surface area contributed by atoms with Crippen molar-refractivity contribution in [2.45, 2.75) is 12.8 Å². The van der Waals surface area contributed by atoms with Crippen molar-refractivity contribution in [2.24, 2.45) is 0 Å². The van der Waals surface area contributed by atoms with E-state index in [0.717, 1.165) is 38.0 Å². The normalized spacial score (nSPS) is 18.3. The van der Waals surface area contributed by atoms with Gasteiger partial charge in [-0.05, 0) is 12.8 Å². The van der Waals surface area contributed by atoms with Crippen LogP contribution in [0.25, 0.3) is 0 Å². The third-order valence-electron chi connectivity index (χ3n) is 2.21. The first kappa shape index (κ1) is 9.99. The van der Waals surface area contributed by atoms with Gasteiger partial charge in [-0.2, -0.15) is 0 Å². The van der Waals surface area contributed by atoms with Gasteiger partial charge in [-0.15, -0.1) is 6.58 Å². The Hall–Kier alpha value is -1.09. The van der Waals surface area contributed by atoms with Gasteiger partial charge in [0, 0.05) is 25.7 Å². The lowest BCUT2D eigenvalue weighted by atomic mass is 10.0. The van der Waals surface area contributed by atoms with Crippen molar-refractivity contribution in [3.05, 3.63) is 24.3 Å². The number of nitrogens with zero attached hydrogens (tertiary/aromatic N) is 1. The van der Waals surface area contributed by atoms with Crippen molar-refractivity contribution in [2.75, 3.05) is 19.6 Å². The van der Waals surface area contributed by atoms with Crippen LogP contribution in [0.1, 0.15) is 12.8 Å². The van der Waals surface area contributed by atoms with E-state index in [0.29, 0.717) is 0 Å². The van der Waals surface area contributed by atoms with E-state index in [1.165, 1.54) is 6.08 Å². The Kier molecular flexibility index (Phi) is 3.71. The number of rotatable bonds is 3. The van der Waals surface area contributed by atoms with Gasteiger partial charge < -0.3 is 5.11 Å². The average Bonchev–Trinajstić information content (AvgIpc) is 2.08. The van der Waals surface area contributed by atoms with Gasteiger partial charge in [0.05, 0.1) is 0 Å². The molecule has 1 aliphatic heterocycles. The first-order valence-electron chi connectivity index (χ1n) is 4.48. The second-order valence-corrected chi connectivity index (χ2v) is 3.23. The standard InChI is InChI=1S/C10H15NO2/c1-2-5-11-6-3-9(4-7-11)8-10(12)13/h2,8H,1,3-7H2,(H,12,13). The molecule has 0 saturated carbocycles. The predicted octanol–water partition coefficient (Wildman–Crippen LogP) is 1.28. The highest BCUT2D eigenvalue weighted by molar-refractivity contribution is 5.80. The molecule has 3 heteroatoms. The molecular formula is C10H15NO2. The van der Waals surface area contributed by atoms with Gasteiger partial charge in [0.2, 0.25) is 0 Å². The van der Waals surface area contributed by atoms with Crippen molar-refractivity contribution in [3.63, 3.8) is 0 Å². The van der Waals surface area contributed by atoms with E-state index in [9.17, 15) is 4.79 Å². The average molecular weight is 181 g/mol. The summed E-state index contributed by atoms with van der Waals surface area (Å²) in [6.07, 6.45) is 4.97. The minimum Gasteiger partial charge on any atom is -0.478 e. The zero-order valence-electron chi connectivity index (χ0n) is 7.70. The monoisotopic (exact) mass is 181 g/mol. The number of aliphatic carboxylic acids is 1. The summed E-state index contributed by atoms with van der Waals surface area (Å²) in [5.74, 6) is -0.827. The van der Waals surface area contributed by atoms with Crippen LogP contribution in [0.3, 0.4) is 0 Å². The van der Waals surface area contributed by atoms with Crippen LogP contribution in [0.5, 0.6) is 0 Å². The molecule has 1 heterocycles. The summed E-state index contributed by atoms with van der Waals surface area (Å²) in [6.45, 7) is 6.47. The summed E-state index contributed by atoms with van der Waals surface area (Å²) in [4.78, 5) is 12.6. The lowest BCUT2D eigenvalue weighted by Crippen LogP contribution is -2.30. The molecule has 3 nitrogen and oxygen atoms in total. The molecule has 1 aliphatic rings. The van der Waals surface area contributed by atoms with Crippen LogP contribution in [-0.2, 0) is 4.79 Å². The van der Waals surface area contributed by atoms with Gasteiger partial charge in [0.1, 0.15) is 0 Å². The van der Waals surface area contributed by atoms with Gasteiger partial charge in [-0.25, -0.2) is 4.79 Å². The Morgan fingerprint density at radius 2 is 2.15 bits per heavy atom. The highest BCUT2D eigenvalue weighted by Crippen LogP contribution is 2.15. The van der Waals surface area contributed by atoms with Crippen LogP contribution in [0.2, 0.25) is 0 Å². The summed E-state index contributed by atoms with van der Waals surface area (Å²) in [5, 5.41) is 8.53. The minimum absolute atomic E-state index is 0.827. The van der Waals surface area contributed by atoms with Crippen molar-refractivity contribution in [3.8, 4) is 0 Å². The molecule has 0 spiro atoms. The topological polar surface area (TPSA) is 40.5 Å². The SMILES string of the molecule is C=CCN1CCC(=CC(=O)O)CC1. The van der Waals surface area contributed by atoms with Crippen molar-refractivity contribution in [1.82, 2.24) is 4.90 Å². The van der Waals surface area contributed by atoms with E-state index in [2.05, 4.69) is 11.5 Å². The maximum Gasteiger partial charge on any atom is 0.328 e. The maximum absolute atomic E-state index is 10.4. The van der Waals surface area contributed by atoms with E-state index in [1.807, 2.05) is 6.08 Å². The largest absolute Gasteiger partial charge is 0.478 e. The van der Waals surface area contributed by atoms with Crippen molar-refractivity contribution in [1.29, 1.82) is 0 Å². The Morgan fingerprint density at radius 3 is 2.62 bits per heavy atom. The molecular weight excluding hydrogens is 166 g/mol. The summed E-state index contributed by atoms with van der Waals surface area (Å²) >= 11 is 0. The third kappa shape index (κ3) is 3.42. The molecule has 0 aromatic rings. The molecule has 0 unspecified atom stereocenters. The fourth-order valence-electron chi connectivity index (χ4n) is 1.52. The van der Waals surface area contributed by atoms with Crippen molar-refractivity contribution < 1.29 is 9.90 Å². The molecule has 1 fully saturated rings. The number of hydrogen-bond donors (Lipinski definition) is 1. The number of hydrogen-bond acceptors (Lipinski definition) is 2. The molecule has 72 valence electrons. The molecule has 0 bridgehead atoms. The Bertz CT molecular complexity index is 223. The van der Waals surface area contributed by atoms with Crippen LogP contribution in [0.15, 0.2) is 24.3 Å². The molecule has 1 N–H and O–H groups in total. The molecule has 1 saturated heterocycles. The Labute approximate surface area is 78.4 Å². The summed E-state index contributed by atoms with van der Waals surface area (Å²) in [7, 11) is 0. The number of piperidine rings is 1. The number of likely N-dealkylation sites (tertiary alicyclic amines) is 1. The molecule has 0 aromatic carbocycles. The summed E-state index contributed by atoms with van der Waals surface area (Å²) < 4.78 is 0. The number of carbonyl (C=O) groups is 1. The Morgan fingerprint density at radius 1 is 1.54 bits per heavy atom. The zero-order chi connectivity index (χ0) is 9.68. The lowest BCUT2D eigenvalue weighted by Gasteiger charge is -2.26. The van der Waals surface area contributed by atoms with E-state index < -0.39 is 5.97 Å². The van der Waals surface area contributed by atoms with Crippen molar-refractivity contribution >= 4 is 5.97 Å². The Balaban J connectivity index is 2.38. The van der Waals surface area contributed by atoms with E-state index in [-0.39, 0.29) is 0 Å². The second-order valence-electron chi connectivity index (χ2n) is 3.23. The van der Waals surface area contributed by atoms with Crippen LogP contribution >= 0.6 is 0 Å². The number of carboxylic acids is 1. The van der Waals surface area contributed by atoms with Gasteiger partial charge in [-0.1, -0.05) is 11.6 Å². The smallest absolute Gasteiger partial charge is 0.328 e. The van der Waals surface area contributed by atoms with Gasteiger partial charge in [0.25, 0.3) is 0 Å². The summed E-state index contributed by atoms with van der Waals surface area (Å²) in [6, 6.07) is 0. The molecule has 0 amide bonds. The fraction of sp³-hybridized carbons (Fsp3) is 0.500. The highest BCUT2D eigenvalue weighted by atomic mass is 16.4. The molecule has 0 radical (unpaired) electrons. The molecule has 0 atom stereocenters. The van der Waals surface area contributed by atoms with Gasteiger partial charge in [0.15, 0.2) is 0 Å². The molecule has 13 heavy (non-hydrogen) atoms. The van der Waals surface area contributed by atoms with E-state index in [4.69, 9.17) is 5.11 Å². The van der Waals surface area contributed by atoms with Crippen LogP contribution < -0.4 is 0 Å². The first-order valence-corrected chi connectivity index (χ1v) is 4.48. The van der Waals surface area contributed by atoms with Crippen LogP contribution in [0, 0.1) is 0 Å². The quantitative estimate of drug-likeness (QED) is 0.526. The lowest BCUT2D eigenvalue weighted by molar-refractivity contribution is -0.131. The zero-order valence-corrected chi connectivity index (χ0v) is 7.70. The first-order chi connectivity index (χ1) is 6.22. The van der Waals surface area contributed by atoms with Gasteiger partial charge >= 0.3 is 5.97 Å². The predicted molar refractivity (Wildman–Crippen MR) is 51.6 cm³/mol. The van der Waals surface area contributed by atoms with E-state index >= 15 is 0 Å². The van der Waals surface area contributed by atoms with Gasteiger partial charge in [-0.3, -0.25) is 4.90 Å². The van der Waals surface area contributed by atoms with Crippen LogP contribution in [0.4, 0.5) is 0 Å². The van der Waals surface area contributed by atoms with E-state index in [1.54, 1.807) is 0 Å². The minimum atomic E-state index is -0.827. The molecule has 0 aliphatic carbocycles.